The zero-order valence-electron chi connectivity index (χ0n) is 15.2. The number of ether oxygens (including phenoxy) is 2. The molecular formula is C19H18N6O3. The first-order valence-electron chi connectivity index (χ1n) is 9.11. The number of nitrogens with zero attached hydrogens (tertiary/aromatic N) is 4. The Morgan fingerprint density at radius 3 is 3.00 bits per heavy atom. The van der Waals surface area contributed by atoms with E-state index < -0.39 is 0 Å². The Hall–Kier alpha value is -3.62. The maximum absolute atomic E-state index is 12.7. The predicted molar refractivity (Wildman–Crippen MR) is 102 cm³/mol. The highest BCUT2D eigenvalue weighted by atomic mass is 16.5. The third-order valence-electron chi connectivity index (χ3n) is 4.69. The molecule has 2 N–H and O–H groups in total. The topological polar surface area (TPSA) is 111 Å². The normalized spacial score (nSPS) is 16.7. The number of rotatable bonds is 1. The number of hydrogen-bond acceptors (Lipinski definition) is 6. The van der Waals surface area contributed by atoms with Gasteiger partial charge in [0.05, 0.1) is 18.3 Å². The third kappa shape index (κ3) is 2.72. The zero-order chi connectivity index (χ0) is 19.1. The van der Waals surface area contributed by atoms with E-state index in [2.05, 4.69) is 24.9 Å². The lowest BCUT2D eigenvalue weighted by Gasteiger charge is -2.18. The van der Waals surface area contributed by atoms with Gasteiger partial charge in [0.1, 0.15) is 22.9 Å². The Morgan fingerprint density at radius 1 is 1.21 bits per heavy atom. The van der Waals surface area contributed by atoms with E-state index in [1.807, 2.05) is 13.0 Å². The Kier molecular flexibility index (Phi) is 3.85. The molecule has 0 fully saturated rings. The second-order valence-electron chi connectivity index (χ2n) is 6.65. The zero-order valence-corrected chi connectivity index (χ0v) is 15.2. The van der Waals surface area contributed by atoms with Gasteiger partial charge in [0.15, 0.2) is 5.65 Å². The van der Waals surface area contributed by atoms with Gasteiger partial charge in [-0.15, -0.1) is 0 Å². The van der Waals surface area contributed by atoms with Crippen LogP contribution in [-0.4, -0.2) is 42.2 Å². The molecule has 9 nitrogen and oxygen atoms in total. The first-order valence-corrected chi connectivity index (χ1v) is 9.11. The van der Waals surface area contributed by atoms with Gasteiger partial charge < -0.3 is 14.5 Å². The molecule has 5 heterocycles. The van der Waals surface area contributed by atoms with E-state index in [-0.39, 0.29) is 11.8 Å². The van der Waals surface area contributed by atoms with Gasteiger partial charge in [0.25, 0.3) is 0 Å². The predicted octanol–water partition coefficient (Wildman–Crippen LogP) is 2.44. The number of imidazole rings is 2. The fourth-order valence-corrected chi connectivity index (χ4v) is 3.38. The van der Waals surface area contributed by atoms with Gasteiger partial charge in [0.2, 0.25) is 5.88 Å². The monoisotopic (exact) mass is 378 g/mol. The minimum absolute atomic E-state index is 0.0700. The Balaban J connectivity index is 1.77. The van der Waals surface area contributed by atoms with Gasteiger partial charge in [-0.25, -0.2) is 19.3 Å². The van der Waals surface area contributed by atoms with E-state index in [1.165, 1.54) is 4.57 Å². The van der Waals surface area contributed by atoms with Crippen molar-refractivity contribution in [2.75, 3.05) is 6.61 Å². The van der Waals surface area contributed by atoms with Crippen LogP contribution in [0.2, 0.25) is 0 Å². The minimum Gasteiger partial charge on any atom is -0.491 e. The number of pyridine rings is 2. The molecule has 0 aromatic carbocycles. The van der Waals surface area contributed by atoms with Crippen molar-refractivity contribution in [1.29, 1.82) is 0 Å². The SMILES string of the molecule is C[C@@H]1CCCOc2ccnc3[nH]c(=O)n(c23)-c2ccc(-c3ncc[nH]3)c(n2)O1. The van der Waals surface area contributed by atoms with Crippen LogP contribution in [0.25, 0.3) is 28.4 Å². The Morgan fingerprint density at radius 2 is 2.14 bits per heavy atom. The number of hydrogen-bond donors (Lipinski definition) is 2. The summed E-state index contributed by atoms with van der Waals surface area (Å²) in [5, 5.41) is 0. The van der Waals surface area contributed by atoms with Crippen LogP contribution in [0, 0.1) is 0 Å². The van der Waals surface area contributed by atoms with Crippen molar-refractivity contribution >= 4 is 11.2 Å². The van der Waals surface area contributed by atoms with Crippen molar-refractivity contribution in [1.82, 2.24) is 29.5 Å². The maximum Gasteiger partial charge on any atom is 0.333 e. The molecule has 2 bridgehead atoms. The lowest BCUT2D eigenvalue weighted by molar-refractivity contribution is 0.187. The first-order chi connectivity index (χ1) is 13.7. The Bertz CT molecular complexity index is 1190. The van der Waals surface area contributed by atoms with Crippen molar-refractivity contribution in [3.8, 4) is 28.8 Å². The summed E-state index contributed by atoms with van der Waals surface area (Å²) in [5.41, 5.74) is 1.41. The fraction of sp³-hybridized carbons (Fsp3) is 0.263. The summed E-state index contributed by atoms with van der Waals surface area (Å²) in [6.07, 6.45) is 6.57. The quantitative estimate of drug-likeness (QED) is 0.526. The molecular weight excluding hydrogens is 360 g/mol. The molecule has 1 aliphatic heterocycles. The minimum atomic E-state index is -0.340. The molecule has 0 spiro atoms. The molecule has 1 aliphatic rings. The summed E-state index contributed by atoms with van der Waals surface area (Å²) >= 11 is 0. The van der Waals surface area contributed by atoms with Crippen LogP contribution >= 0.6 is 0 Å². The van der Waals surface area contributed by atoms with E-state index in [0.29, 0.717) is 41.0 Å². The number of nitrogens with one attached hydrogen (secondary N) is 2. The smallest absolute Gasteiger partial charge is 0.333 e. The molecule has 5 rings (SSSR count). The largest absolute Gasteiger partial charge is 0.491 e. The molecule has 1 atom stereocenters. The van der Waals surface area contributed by atoms with Crippen LogP contribution in [0.4, 0.5) is 0 Å². The lowest BCUT2D eigenvalue weighted by atomic mass is 10.2. The van der Waals surface area contributed by atoms with Crippen LogP contribution < -0.4 is 15.2 Å². The summed E-state index contributed by atoms with van der Waals surface area (Å²) in [6, 6.07) is 5.36. The molecule has 4 aromatic heterocycles. The highest BCUT2D eigenvalue weighted by Crippen LogP contribution is 2.30. The molecule has 28 heavy (non-hydrogen) atoms. The summed E-state index contributed by atoms with van der Waals surface area (Å²) in [5.74, 6) is 2.10. The van der Waals surface area contributed by atoms with E-state index in [1.54, 1.807) is 30.7 Å². The highest BCUT2D eigenvalue weighted by molar-refractivity contribution is 5.80. The van der Waals surface area contributed by atoms with Crippen LogP contribution in [0.3, 0.4) is 0 Å². The van der Waals surface area contributed by atoms with E-state index in [0.717, 1.165) is 18.4 Å². The van der Waals surface area contributed by atoms with Gasteiger partial charge in [0, 0.05) is 24.7 Å². The van der Waals surface area contributed by atoms with Gasteiger partial charge in [-0.2, -0.15) is 4.98 Å². The molecule has 0 saturated heterocycles. The van der Waals surface area contributed by atoms with E-state index >= 15 is 0 Å². The molecule has 0 aliphatic carbocycles. The standard InChI is InChI=1S/C19H18N6O3/c1-11-3-2-10-27-13-6-7-20-17-15(13)25(19(26)24-17)14-5-4-12(18(23-14)28-11)16-21-8-9-22-16/h4-9,11H,2-3,10H2,1H3,(H,21,22)(H,20,24,26)/t11-/m1/s1. The second-order valence-corrected chi connectivity index (χ2v) is 6.65. The number of aromatic amines is 2. The molecule has 0 amide bonds. The summed E-state index contributed by atoms with van der Waals surface area (Å²) in [7, 11) is 0. The van der Waals surface area contributed by atoms with Crippen molar-refractivity contribution in [3.05, 3.63) is 47.3 Å². The number of H-pyrrole nitrogens is 2. The van der Waals surface area contributed by atoms with Crippen molar-refractivity contribution in [2.24, 2.45) is 0 Å². The van der Waals surface area contributed by atoms with Gasteiger partial charge in [-0.1, -0.05) is 0 Å². The molecule has 4 aromatic rings. The summed E-state index contributed by atoms with van der Waals surface area (Å²) < 4.78 is 13.5. The van der Waals surface area contributed by atoms with Crippen LogP contribution in [0.15, 0.2) is 41.6 Å². The number of fused-ring (bicyclic) bond motifs is 3. The molecule has 0 unspecified atom stereocenters. The number of aromatic nitrogens is 6. The average Bonchev–Trinajstić information content (AvgIpc) is 3.32. The van der Waals surface area contributed by atoms with Crippen LogP contribution in [0.1, 0.15) is 19.8 Å². The second kappa shape index (κ2) is 6.52. The third-order valence-corrected chi connectivity index (χ3v) is 4.69. The van der Waals surface area contributed by atoms with E-state index in [4.69, 9.17) is 9.47 Å². The van der Waals surface area contributed by atoms with E-state index in [9.17, 15) is 4.79 Å². The fourth-order valence-electron chi connectivity index (χ4n) is 3.38. The average molecular weight is 378 g/mol. The van der Waals surface area contributed by atoms with Crippen molar-refractivity contribution in [3.63, 3.8) is 0 Å². The maximum atomic E-state index is 12.7. The van der Waals surface area contributed by atoms with Gasteiger partial charge in [-0.05, 0) is 31.9 Å². The van der Waals surface area contributed by atoms with Crippen LogP contribution in [-0.2, 0) is 0 Å². The van der Waals surface area contributed by atoms with Crippen molar-refractivity contribution < 1.29 is 9.47 Å². The molecule has 0 saturated carbocycles. The molecule has 142 valence electrons. The van der Waals surface area contributed by atoms with Crippen LogP contribution in [0.5, 0.6) is 11.6 Å². The summed E-state index contributed by atoms with van der Waals surface area (Å²) in [6.45, 7) is 2.50. The highest BCUT2D eigenvalue weighted by Gasteiger charge is 2.20. The van der Waals surface area contributed by atoms with Crippen molar-refractivity contribution in [2.45, 2.75) is 25.9 Å². The first kappa shape index (κ1) is 16.5. The van der Waals surface area contributed by atoms with Gasteiger partial charge in [-0.3, -0.25) is 4.98 Å². The molecule has 0 radical (unpaired) electrons. The lowest BCUT2D eigenvalue weighted by Crippen LogP contribution is -2.19. The summed E-state index contributed by atoms with van der Waals surface area (Å²) in [4.78, 5) is 31.7. The van der Waals surface area contributed by atoms with Gasteiger partial charge >= 0.3 is 5.69 Å². The molecule has 9 heteroatoms. The Labute approximate surface area is 159 Å².